The largest absolute Gasteiger partial charge is 0.348 e. The first-order valence-electron chi connectivity index (χ1n) is 7.57. The van der Waals surface area contributed by atoms with Crippen LogP contribution in [0.3, 0.4) is 0 Å². The van der Waals surface area contributed by atoms with E-state index in [9.17, 15) is 4.79 Å². The predicted octanol–water partition coefficient (Wildman–Crippen LogP) is 1.59. The molecule has 8 heteroatoms. The highest BCUT2D eigenvalue weighted by atomic mass is 32.2. The summed E-state index contributed by atoms with van der Waals surface area (Å²) in [5, 5.41) is 7.61. The van der Waals surface area contributed by atoms with Crippen molar-refractivity contribution in [2.45, 2.75) is 37.3 Å². The molecule has 118 valence electrons. The second kappa shape index (κ2) is 6.95. The number of thioether (sulfide) groups is 1. The van der Waals surface area contributed by atoms with Crippen molar-refractivity contribution in [3.05, 3.63) is 24.0 Å². The fraction of sp³-hybridized carbons (Fsp3) is 0.571. The van der Waals surface area contributed by atoms with Crippen molar-refractivity contribution in [2.75, 3.05) is 18.8 Å². The number of carbonyl (C=O) groups is 1. The van der Waals surface area contributed by atoms with E-state index in [0.29, 0.717) is 16.8 Å². The molecule has 0 saturated carbocycles. The van der Waals surface area contributed by atoms with Crippen molar-refractivity contribution in [1.82, 2.24) is 30.0 Å². The van der Waals surface area contributed by atoms with Crippen LogP contribution >= 0.6 is 11.8 Å². The highest BCUT2D eigenvalue weighted by molar-refractivity contribution is 7.99. The minimum absolute atomic E-state index is 0.143. The zero-order valence-electron chi connectivity index (χ0n) is 12.6. The number of hydrogen-bond donors (Lipinski definition) is 2. The van der Waals surface area contributed by atoms with Crippen molar-refractivity contribution < 1.29 is 4.79 Å². The third-order valence-corrected chi connectivity index (χ3v) is 4.68. The Morgan fingerprint density at radius 2 is 2.45 bits per heavy atom. The lowest BCUT2D eigenvalue weighted by molar-refractivity contribution is -0.129. The van der Waals surface area contributed by atoms with Crippen molar-refractivity contribution in [2.24, 2.45) is 0 Å². The molecule has 22 heavy (non-hydrogen) atoms. The highest BCUT2D eigenvalue weighted by Gasteiger charge is 2.26. The molecule has 2 N–H and O–H groups in total. The highest BCUT2D eigenvalue weighted by Crippen LogP contribution is 2.25. The van der Waals surface area contributed by atoms with Crippen LogP contribution in [0.15, 0.2) is 17.6 Å². The average Bonchev–Trinajstić information content (AvgIpc) is 3.24. The number of aryl methyl sites for hydroxylation is 1. The third-order valence-electron chi connectivity index (χ3n) is 3.85. The zero-order valence-corrected chi connectivity index (χ0v) is 13.4. The van der Waals surface area contributed by atoms with Crippen LogP contribution in [0.2, 0.25) is 0 Å². The number of nitrogens with one attached hydrogen (secondary N) is 2. The SMILES string of the molecule is CCc1nc(SCC(=O)N2CCC[C@@H](c3ncc[nH]3)C2)n[nH]1. The first-order chi connectivity index (χ1) is 10.8. The summed E-state index contributed by atoms with van der Waals surface area (Å²) in [6.07, 6.45) is 6.51. The van der Waals surface area contributed by atoms with E-state index in [1.54, 1.807) is 6.20 Å². The number of nitrogens with zero attached hydrogens (tertiary/aromatic N) is 4. The maximum atomic E-state index is 12.4. The molecule has 1 atom stereocenters. The van der Waals surface area contributed by atoms with Crippen LogP contribution < -0.4 is 0 Å². The minimum Gasteiger partial charge on any atom is -0.348 e. The van der Waals surface area contributed by atoms with Gasteiger partial charge < -0.3 is 9.88 Å². The second-order valence-corrected chi connectivity index (χ2v) is 6.30. The van der Waals surface area contributed by atoms with Crippen LogP contribution in [0.5, 0.6) is 0 Å². The van der Waals surface area contributed by atoms with Gasteiger partial charge in [-0.3, -0.25) is 9.89 Å². The summed E-state index contributed by atoms with van der Waals surface area (Å²) in [6, 6.07) is 0. The van der Waals surface area contributed by atoms with Crippen LogP contribution in [0.25, 0.3) is 0 Å². The number of carbonyl (C=O) groups excluding carboxylic acids is 1. The molecule has 0 aromatic carbocycles. The van der Waals surface area contributed by atoms with Gasteiger partial charge in [0.15, 0.2) is 0 Å². The Hall–Kier alpha value is -1.83. The zero-order chi connectivity index (χ0) is 15.4. The van der Waals surface area contributed by atoms with Crippen molar-refractivity contribution in [3.8, 4) is 0 Å². The monoisotopic (exact) mass is 320 g/mol. The molecular formula is C14H20N6OS. The number of H-pyrrole nitrogens is 2. The minimum atomic E-state index is 0.143. The number of piperidine rings is 1. The number of likely N-dealkylation sites (tertiary alicyclic amines) is 1. The molecule has 1 aliphatic rings. The lowest BCUT2D eigenvalue weighted by Crippen LogP contribution is -2.40. The van der Waals surface area contributed by atoms with E-state index in [1.807, 2.05) is 18.0 Å². The maximum absolute atomic E-state index is 12.4. The van der Waals surface area contributed by atoms with E-state index in [-0.39, 0.29) is 5.91 Å². The smallest absolute Gasteiger partial charge is 0.233 e. The first-order valence-corrected chi connectivity index (χ1v) is 8.56. The van der Waals surface area contributed by atoms with Gasteiger partial charge in [-0.2, -0.15) is 0 Å². The summed E-state index contributed by atoms with van der Waals surface area (Å²) in [5.74, 6) is 2.67. The summed E-state index contributed by atoms with van der Waals surface area (Å²) in [6.45, 7) is 3.58. The van der Waals surface area contributed by atoms with Crippen LogP contribution in [-0.4, -0.2) is 54.8 Å². The second-order valence-electron chi connectivity index (χ2n) is 5.36. The number of imidazole rings is 1. The molecular weight excluding hydrogens is 300 g/mol. The van der Waals surface area contributed by atoms with Gasteiger partial charge in [0.25, 0.3) is 0 Å². The molecule has 3 rings (SSSR count). The molecule has 0 aliphatic carbocycles. The van der Waals surface area contributed by atoms with Crippen molar-refractivity contribution >= 4 is 17.7 Å². The molecule has 0 unspecified atom stereocenters. The van der Waals surface area contributed by atoms with Crippen molar-refractivity contribution in [3.63, 3.8) is 0 Å². The molecule has 0 bridgehead atoms. The number of aromatic amines is 2. The summed E-state index contributed by atoms with van der Waals surface area (Å²) >= 11 is 1.39. The molecule has 0 radical (unpaired) electrons. The number of aromatic nitrogens is 5. The molecule has 1 aliphatic heterocycles. The first kappa shape index (κ1) is 15.1. The molecule has 1 amide bonds. The van der Waals surface area contributed by atoms with Gasteiger partial charge in [-0.1, -0.05) is 18.7 Å². The van der Waals surface area contributed by atoms with Crippen LogP contribution in [0, 0.1) is 0 Å². The summed E-state index contributed by atoms with van der Waals surface area (Å²) in [7, 11) is 0. The molecule has 2 aromatic heterocycles. The van der Waals surface area contributed by atoms with Gasteiger partial charge >= 0.3 is 0 Å². The molecule has 0 spiro atoms. The topological polar surface area (TPSA) is 90.6 Å². The lowest BCUT2D eigenvalue weighted by Gasteiger charge is -2.31. The molecule has 3 heterocycles. The van der Waals surface area contributed by atoms with E-state index in [0.717, 1.165) is 44.0 Å². The Kier molecular flexibility index (Phi) is 4.77. The van der Waals surface area contributed by atoms with Crippen LogP contribution in [0.4, 0.5) is 0 Å². The third kappa shape index (κ3) is 3.49. The number of amides is 1. The Balaban J connectivity index is 1.53. The molecule has 1 saturated heterocycles. The Morgan fingerprint density at radius 3 is 3.18 bits per heavy atom. The molecule has 1 fully saturated rings. The number of rotatable bonds is 5. The van der Waals surface area contributed by atoms with Gasteiger partial charge in [0.05, 0.1) is 5.75 Å². The molecule has 2 aromatic rings. The normalized spacial score (nSPS) is 18.6. The van der Waals surface area contributed by atoms with E-state index in [2.05, 4.69) is 25.1 Å². The Morgan fingerprint density at radius 1 is 1.55 bits per heavy atom. The Labute approximate surface area is 133 Å². The maximum Gasteiger partial charge on any atom is 0.233 e. The summed E-state index contributed by atoms with van der Waals surface area (Å²) in [4.78, 5) is 26.1. The predicted molar refractivity (Wildman–Crippen MR) is 83.6 cm³/mol. The van der Waals surface area contributed by atoms with E-state index >= 15 is 0 Å². The number of hydrogen-bond acceptors (Lipinski definition) is 5. The van der Waals surface area contributed by atoms with Crippen molar-refractivity contribution in [1.29, 1.82) is 0 Å². The lowest BCUT2D eigenvalue weighted by atomic mass is 9.97. The van der Waals surface area contributed by atoms with E-state index in [4.69, 9.17) is 0 Å². The van der Waals surface area contributed by atoms with E-state index < -0.39 is 0 Å². The van der Waals surface area contributed by atoms with Gasteiger partial charge in [0.2, 0.25) is 11.1 Å². The van der Waals surface area contributed by atoms with Crippen LogP contribution in [0.1, 0.15) is 37.3 Å². The molecule has 7 nitrogen and oxygen atoms in total. The fourth-order valence-electron chi connectivity index (χ4n) is 2.65. The standard InChI is InChI=1S/C14H20N6OS/c1-2-11-17-14(19-18-11)22-9-12(21)20-7-3-4-10(8-20)13-15-5-6-16-13/h5-6,10H,2-4,7-9H2,1H3,(H,15,16)(H,17,18,19)/t10-/m1/s1. The van der Waals surface area contributed by atoms with E-state index in [1.165, 1.54) is 11.8 Å². The average molecular weight is 320 g/mol. The van der Waals surface area contributed by atoms with Gasteiger partial charge in [-0.05, 0) is 12.8 Å². The van der Waals surface area contributed by atoms with Gasteiger partial charge in [-0.25, -0.2) is 9.97 Å². The van der Waals surface area contributed by atoms with Gasteiger partial charge in [0.1, 0.15) is 11.6 Å². The summed E-state index contributed by atoms with van der Waals surface area (Å²) < 4.78 is 0. The quantitative estimate of drug-likeness (QED) is 0.816. The summed E-state index contributed by atoms with van der Waals surface area (Å²) in [5.41, 5.74) is 0. The fourth-order valence-corrected chi connectivity index (χ4v) is 3.37. The Bertz CT molecular complexity index is 611. The van der Waals surface area contributed by atoms with Crippen LogP contribution in [-0.2, 0) is 11.2 Å². The van der Waals surface area contributed by atoms with Gasteiger partial charge in [-0.15, -0.1) is 5.10 Å². The van der Waals surface area contributed by atoms with Gasteiger partial charge in [0, 0.05) is 37.8 Å².